The average Bonchev–Trinajstić information content (AvgIpc) is 3.22. The first-order valence-electron chi connectivity index (χ1n) is 10.4. The van der Waals surface area contributed by atoms with Crippen molar-refractivity contribution in [1.82, 2.24) is 20.0 Å². The van der Waals surface area contributed by atoms with E-state index < -0.39 is 5.97 Å². The third-order valence-corrected chi connectivity index (χ3v) is 5.59. The summed E-state index contributed by atoms with van der Waals surface area (Å²) in [6, 6.07) is 9.57. The summed E-state index contributed by atoms with van der Waals surface area (Å²) in [5.74, 6) is -0.405. The Bertz CT molecular complexity index is 797. The SMILES string of the molecule is CCn1cc(C2CCN(C(=O)NC(CCC(=O)O)Cc3ccccc3)CC2)cn1. The lowest BCUT2D eigenvalue weighted by molar-refractivity contribution is -0.137. The summed E-state index contributed by atoms with van der Waals surface area (Å²) >= 11 is 0. The van der Waals surface area contributed by atoms with Gasteiger partial charge in [-0.1, -0.05) is 30.3 Å². The van der Waals surface area contributed by atoms with Crippen LogP contribution in [0.25, 0.3) is 0 Å². The lowest BCUT2D eigenvalue weighted by Gasteiger charge is -2.33. The van der Waals surface area contributed by atoms with Crippen LogP contribution in [0.2, 0.25) is 0 Å². The van der Waals surface area contributed by atoms with Gasteiger partial charge in [0.05, 0.1) is 6.20 Å². The van der Waals surface area contributed by atoms with Gasteiger partial charge in [0.15, 0.2) is 0 Å². The summed E-state index contributed by atoms with van der Waals surface area (Å²) in [4.78, 5) is 25.6. The number of benzene rings is 1. The molecule has 1 unspecified atom stereocenters. The van der Waals surface area contributed by atoms with Crippen molar-refractivity contribution in [3.63, 3.8) is 0 Å². The van der Waals surface area contributed by atoms with Crippen molar-refractivity contribution in [3.8, 4) is 0 Å². The zero-order chi connectivity index (χ0) is 20.6. The van der Waals surface area contributed by atoms with E-state index in [4.69, 9.17) is 5.11 Å². The van der Waals surface area contributed by atoms with Crippen LogP contribution in [0.5, 0.6) is 0 Å². The van der Waals surface area contributed by atoms with Gasteiger partial charge < -0.3 is 15.3 Å². The Balaban J connectivity index is 1.54. The Kier molecular flexibility index (Phi) is 7.27. The molecule has 1 saturated heterocycles. The molecule has 1 aliphatic rings. The Morgan fingerprint density at radius 3 is 2.59 bits per heavy atom. The van der Waals surface area contributed by atoms with Crippen LogP contribution >= 0.6 is 0 Å². The number of carbonyl (C=O) groups is 2. The number of hydrogen-bond acceptors (Lipinski definition) is 3. The molecule has 0 spiro atoms. The molecule has 2 aromatic rings. The number of likely N-dealkylation sites (tertiary alicyclic amines) is 1. The summed E-state index contributed by atoms with van der Waals surface area (Å²) in [7, 11) is 0. The molecule has 2 amide bonds. The third kappa shape index (κ3) is 6.07. The predicted octanol–water partition coefficient (Wildman–Crippen LogP) is 3.27. The number of amides is 2. The molecule has 1 fully saturated rings. The van der Waals surface area contributed by atoms with Crippen LogP contribution < -0.4 is 5.32 Å². The molecular formula is C22H30N4O3. The van der Waals surface area contributed by atoms with E-state index in [-0.39, 0.29) is 18.5 Å². The van der Waals surface area contributed by atoms with Crippen LogP contribution in [-0.4, -0.2) is 50.9 Å². The van der Waals surface area contributed by atoms with Gasteiger partial charge in [-0.15, -0.1) is 0 Å². The van der Waals surface area contributed by atoms with E-state index in [0.717, 1.165) is 24.9 Å². The second-order valence-corrected chi connectivity index (χ2v) is 7.66. The molecule has 0 aliphatic carbocycles. The molecule has 0 bridgehead atoms. The quantitative estimate of drug-likeness (QED) is 0.714. The fourth-order valence-corrected chi connectivity index (χ4v) is 3.87. The first-order chi connectivity index (χ1) is 14.0. The molecule has 3 rings (SSSR count). The molecule has 7 nitrogen and oxygen atoms in total. The normalized spacial score (nSPS) is 15.8. The number of nitrogens with one attached hydrogen (secondary N) is 1. The topological polar surface area (TPSA) is 87.5 Å². The lowest BCUT2D eigenvalue weighted by Crippen LogP contribution is -2.48. The number of hydrogen-bond donors (Lipinski definition) is 2. The number of aryl methyl sites for hydroxylation is 1. The number of carboxylic acid groups (broad SMARTS) is 1. The highest BCUT2D eigenvalue weighted by Crippen LogP contribution is 2.27. The Hall–Kier alpha value is -2.83. The number of aliphatic carboxylic acids is 1. The fourth-order valence-electron chi connectivity index (χ4n) is 3.87. The van der Waals surface area contributed by atoms with Gasteiger partial charge in [0, 0.05) is 38.3 Å². The van der Waals surface area contributed by atoms with Gasteiger partial charge in [0.2, 0.25) is 0 Å². The van der Waals surface area contributed by atoms with Crippen molar-refractivity contribution < 1.29 is 14.7 Å². The molecule has 156 valence electrons. The van der Waals surface area contributed by atoms with Crippen LogP contribution in [0.4, 0.5) is 4.79 Å². The van der Waals surface area contributed by atoms with Crippen LogP contribution in [0.1, 0.15) is 49.7 Å². The van der Waals surface area contributed by atoms with E-state index in [1.54, 1.807) is 0 Å². The number of carbonyl (C=O) groups excluding carboxylic acids is 1. The molecule has 1 aromatic carbocycles. The number of carboxylic acids is 1. The second-order valence-electron chi connectivity index (χ2n) is 7.66. The van der Waals surface area contributed by atoms with Gasteiger partial charge in [-0.25, -0.2) is 4.79 Å². The first-order valence-corrected chi connectivity index (χ1v) is 10.4. The fraction of sp³-hybridized carbons (Fsp3) is 0.500. The number of nitrogens with zero attached hydrogens (tertiary/aromatic N) is 3. The van der Waals surface area contributed by atoms with E-state index in [0.29, 0.717) is 31.8 Å². The monoisotopic (exact) mass is 398 g/mol. The minimum absolute atomic E-state index is 0.0429. The molecule has 2 N–H and O–H groups in total. The van der Waals surface area contributed by atoms with Crippen LogP contribution in [0.15, 0.2) is 42.7 Å². The highest BCUT2D eigenvalue weighted by molar-refractivity contribution is 5.75. The van der Waals surface area contributed by atoms with Gasteiger partial charge in [0.1, 0.15) is 0 Å². The second kappa shape index (κ2) is 10.1. The first kappa shape index (κ1) is 20.9. The maximum atomic E-state index is 12.8. The number of urea groups is 1. The van der Waals surface area contributed by atoms with Crippen molar-refractivity contribution in [1.29, 1.82) is 0 Å². The minimum atomic E-state index is -0.842. The minimum Gasteiger partial charge on any atom is -0.481 e. The molecule has 7 heteroatoms. The zero-order valence-corrected chi connectivity index (χ0v) is 17.0. The molecule has 29 heavy (non-hydrogen) atoms. The lowest BCUT2D eigenvalue weighted by atomic mass is 9.92. The maximum absolute atomic E-state index is 12.8. The maximum Gasteiger partial charge on any atom is 0.317 e. The number of aromatic nitrogens is 2. The summed E-state index contributed by atoms with van der Waals surface area (Å²) in [6.45, 7) is 4.33. The summed E-state index contributed by atoms with van der Waals surface area (Å²) in [5, 5.41) is 16.5. The third-order valence-electron chi connectivity index (χ3n) is 5.59. The summed E-state index contributed by atoms with van der Waals surface area (Å²) in [5.41, 5.74) is 2.34. The Morgan fingerprint density at radius 2 is 1.97 bits per heavy atom. The zero-order valence-electron chi connectivity index (χ0n) is 17.0. The van der Waals surface area contributed by atoms with Crippen LogP contribution in [0, 0.1) is 0 Å². The van der Waals surface area contributed by atoms with E-state index in [1.807, 2.05) is 46.1 Å². The van der Waals surface area contributed by atoms with E-state index in [1.165, 1.54) is 5.56 Å². The van der Waals surface area contributed by atoms with Gasteiger partial charge >= 0.3 is 12.0 Å². The Labute approximate surface area is 171 Å². The van der Waals surface area contributed by atoms with Gasteiger partial charge in [-0.2, -0.15) is 5.10 Å². The Morgan fingerprint density at radius 1 is 1.24 bits per heavy atom. The standard InChI is InChI=1S/C22H30N4O3/c1-2-26-16-19(15-23-26)18-10-12-25(13-11-18)22(29)24-20(8-9-21(27)28)14-17-6-4-3-5-7-17/h3-7,15-16,18,20H,2,8-14H2,1H3,(H,24,29)(H,27,28). The number of piperidine rings is 1. The van der Waals surface area contributed by atoms with Crippen molar-refractivity contribution in [2.24, 2.45) is 0 Å². The summed E-state index contributed by atoms with van der Waals surface area (Å²) in [6.07, 6.45) is 6.97. The molecule has 0 radical (unpaired) electrons. The van der Waals surface area contributed by atoms with Crippen molar-refractivity contribution in [2.75, 3.05) is 13.1 Å². The van der Waals surface area contributed by atoms with Crippen molar-refractivity contribution >= 4 is 12.0 Å². The van der Waals surface area contributed by atoms with E-state index in [9.17, 15) is 9.59 Å². The average molecular weight is 399 g/mol. The van der Waals surface area contributed by atoms with E-state index >= 15 is 0 Å². The molecule has 2 heterocycles. The van der Waals surface area contributed by atoms with Gasteiger partial charge in [-0.3, -0.25) is 9.48 Å². The van der Waals surface area contributed by atoms with Crippen molar-refractivity contribution in [3.05, 3.63) is 53.9 Å². The highest BCUT2D eigenvalue weighted by atomic mass is 16.4. The molecule has 1 aromatic heterocycles. The van der Waals surface area contributed by atoms with Crippen LogP contribution in [0.3, 0.4) is 0 Å². The predicted molar refractivity (Wildman–Crippen MR) is 111 cm³/mol. The largest absolute Gasteiger partial charge is 0.481 e. The summed E-state index contributed by atoms with van der Waals surface area (Å²) < 4.78 is 1.94. The van der Waals surface area contributed by atoms with E-state index in [2.05, 4.69) is 23.5 Å². The van der Waals surface area contributed by atoms with Crippen molar-refractivity contribution in [2.45, 2.75) is 57.5 Å². The van der Waals surface area contributed by atoms with Gasteiger partial charge in [-0.05, 0) is 49.7 Å². The number of rotatable bonds is 8. The van der Waals surface area contributed by atoms with Gasteiger partial charge in [0.25, 0.3) is 0 Å². The molecule has 1 aliphatic heterocycles. The smallest absolute Gasteiger partial charge is 0.317 e. The molecule has 0 saturated carbocycles. The molecule has 1 atom stereocenters. The molecular weight excluding hydrogens is 368 g/mol. The highest BCUT2D eigenvalue weighted by Gasteiger charge is 2.26. The van der Waals surface area contributed by atoms with Crippen LogP contribution in [-0.2, 0) is 17.8 Å².